The Bertz CT molecular complexity index is 1910. The molecular formula is C47H86N14O11S2. The third kappa shape index (κ3) is 26.2. The number of nitrogens with one attached hydrogen (secondary N) is 8. The van der Waals surface area contributed by atoms with Gasteiger partial charge in [-0.25, -0.2) is 4.79 Å². The molecule has 1 heterocycles. The Kier molecular flexibility index (Phi) is 31.5. The van der Waals surface area contributed by atoms with Crippen LogP contribution in [0, 0.1) is 23.7 Å². The molecule has 0 saturated carbocycles. The second kappa shape index (κ2) is 35.0. The molecule has 1 fully saturated rings. The molecule has 1 aliphatic rings. The highest BCUT2D eigenvalue weighted by Gasteiger charge is 2.37. The van der Waals surface area contributed by atoms with Crippen molar-refractivity contribution in [1.29, 1.82) is 0 Å². The molecule has 25 nitrogen and oxygen atoms in total. The minimum atomic E-state index is -1.48. The molecule has 0 aromatic rings. The number of aliphatic carboxylic acids is 1. The number of carboxylic acid groups (broad SMARTS) is 1. The Balaban J connectivity index is 3.70. The van der Waals surface area contributed by atoms with Crippen molar-refractivity contribution in [3.63, 3.8) is 0 Å². The topological polar surface area (TPSA) is 430 Å². The van der Waals surface area contributed by atoms with Crippen LogP contribution in [-0.4, -0.2) is 149 Å². The van der Waals surface area contributed by atoms with Crippen LogP contribution in [0.15, 0.2) is 4.99 Å². The number of carbonyl (C=O) groups excluding carboxylic acids is 9. The molecule has 0 spiro atoms. The summed E-state index contributed by atoms with van der Waals surface area (Å²) in [5.41, 5.74) is 28.1. The number of primary amides is 1. The van der Waals surface area contributed by atoms with E-state index in [0.717, 1.165) is 21.6 Å². The van der Waals surface area contributed by atoms with Crippen molar-refractivity contribution in [3.8, 4) is 0 Å². The van der Waals surface area contributed by atoms with Crippen LogP contribution in [-0.2, 0) is 47.9 Å². The first-order valence-electron chi connectivity index (χ1n) is 25.4. The van der Waals surface area contributed by atoms with E-state index in [4.69, 9.17) is 28.7 Å². The highest BCUT2D eigenvalue weighted by molar-refractivity contribution is 8.76. The second-order valence-electron chi connectivity index (χ2n) is 19.9. The maximum absolute atomic E-state index is 14.5. The Morgan fingerprint density at radius 3 is 1.76 bits per heavy atom. The van der Waals surface area contributed by atoms with Gasteiger partial charge in [-0.2, -0.15) is 0 Å². The van der Waals surface area contributed by atoms with E-state index in [1.165, 1.54) is 0 Å². The summed E-state index contributed by atoms with van der Waals surface area (Å²) in [6.45, 7) is 14.9. The smallest absolute Gasteiger partial charge is 0.326 e. The Morgan fingerprint density at radius 2 is 1.24 bits per heavy atom. The molecular weight excluding hydrogens is 1000 g/mol. The average Bonchev–Trinajstić information content (AvgIpc) is 3.31. The highest BCUT2D eigenvalue weighted by atomic mass is 33.1. The van der Waals surface area contributed by atoms with Crippen molar-refractivity contribution >= 4 is 86.7 Å². The number of guanidine groups is 1. The van der Waals surface area contributed by atoms with Gasteiger partial charge in [0.1, 0.15) is 48.3 Å². The maximum Gasteiger partial charge on any atom is 0.326 e. The Hall–Kier alpha value is -5.41. The quantitative estimate of drug-likeness (QED) is 0.0165. The molecule has 74 heavy (non-hydrogen) atoms. The summed E-state index contributed by atoms with van der Waals surface area (Å²) in [4.78, 5) is 139. The average molecular weight is 1090 g/mol. The van der Waals surface area contributed by atoms with Gasteiger partial charge in [0.05, 0.1) is 6.04 Å². The van der Waals surface area contributed by atoms with Gasteiger partial charge in [-0.05, 0) is 81.6 Å². The van der Waals surface area contributed by atoms with Crippen LogP contribution in [0.1, 0.15) is 126 Å². The van der Waals surface area contributed by atoms with E-state index in [2.05, 4.69) is 47.5 Å². The summed E-state index contributed by atoms with van der Waals surface area (Å²) < 4.78 is 0. The van der Waals surface area contributed by atoms with Gasteiger partial charge in [0, 0.05) is 24.5 Å². The number of nitrogens with two attached hydrogens (primary N) is 5. The SMILES string of the molecule is CC[C@H](C)[C@@H]1NC(=O)[C@H](NC(=O)[C@@H](N)CCCCN)CSSC[C@@H](C(=O)N[C@@H](CCCN=C(N)N)C(=O)N[C@@H](CC(C)C)C(=O)N[C@@H](CC(C)C)C(=O)N[C@@H](CCC(N)=O)C(=O)O)NC(=O)[C@H](CC(C)C)NC1=O. The van der Waals surface area contributed by atoms with E-state index in [0.29, 0.717) is 32.2 Å². The molecule has 0 radical (unpaired) electrons. The first kappa shape index (κ1) is 66.6. The van der Waals surface area contributed by atoms with E-state index < -0.39 is 119 Å². The zero-order valence-electron chi connectivity index (χ0n) is 44.3. The van der Waals surface area contributed by atoms with E-state index in [-0.39, 0.29) is 86.7 Å². The molecule has 1 rings (SSSR count). The van der Waals surface area contributed by atoms with Gasteiger partial charge in [-0.3, -0.25) is 48.1 Å². The molecule has 422 valence electrons. The van der Waals surface area contributed by atoms with E-state index in [1.807, 2.05) is 20.8 Å². The van der Waals surface area contributed by atoms with Gasteiger partial charge < -0.3 is 76.3 Å². The molecule has 9 amide bonds. The molecule has 0 aliphatic carbocycles. The number of hydrogen-bond donors (Lipinski definition) is 14. The monoisotopic (exact) mass is 1090 g/mol. The van der Waals surface area contributed by atoms with Gasteiger partial charge in [0.25, 0.3) is 0 Å². The van der Waals surface area contributed by atoms with Crippen LogP contribution < -0.4 is 71.2 Å². The van der Waals surface area contributed by atoms with Gasteiger partial charge in [-0.15, -0.1) is 0 Å². The van der Waals surface area contributed by atoms with Crippen LogP contribution in [0.5, 0.6) is 0 Å². The first-order valence-corrected chi connectivity index (χ1v) is 27.9. The minimum absolute atomic E-state index is 0.0465. The van der Waals surface area contributed by atoms with Crippen LogP contribution in [0.25, 0.3) is 0 Å². The van der Waals surface area contributed by atoms with Crippen LogP contribution in [0.2, 0.25) is 0 Å². The third-order valence-corrected chi connectivity index (χ3v) is 14.2. The number of unbranched alkanes of at least 4 members (excludes halogenated alkanes) is 1. The maximum atomic E-state index is 14.5. The number of nitrogens with zero attached hydrogens (tertiary/aromatic N) is 1. The predicted molar refractivity (Wildman–Crippen MR) is 285 cm³/mol. The second-order valence-corrected chi connectivity index (χ2v) is 22.5. The molecule has 19 N–H and O–H groups in total. The van der Waals surface area contributed by atoms with E-state index in [9.17, 15) is 53.1 Å². The fourth-order valence-electron chi connectivity index (χ4n) is 7.52. The van der Waals surface area contributed by atoms with Crippen LogP contribution in [0.3, 0.4) is 0 Å². The largest absolute Gasteiger partial charge is 0.480 e. The lowest BCUT2D eigenvalue weighted by molar-refractivity contribution is -0.142. The molecule has 27 heteroatoms. The van der Waals surface area contributed by atoms with Crippen LogP contribution >= 0.6 is 21.6 Å². The number of carboxylic acids is 1. The summed E-state index contributed by atoms with van der Waals surface area (Å²) in [5, 5.41) is 31.2. The van der Waals surface area contributed by atoms with Gasteiger partial charge in [0.15, 0.2) is 5.96 Å². The fourth-order valence-corrected chi connectivity index (χ4v) is 9.85. The van der Waals surface area contributed by atoms with Gasteiger partial charge >= 0.3 is 5.97 Å². The molecule has 0 bridgehead atoms. The van der Waals surface area contributed by atoms with Gasteiger partial charge in [0.2, 0.25) is 53.2 Å². The van der Waals surface area contributed by atoms with E-state index in [1.54, 1.807) is 34.6 Å². The molecule has 0 aromatic carbocycles. The lowest BCUT2D eigenvalue weighted by atomic mass is 9.96. The third-order valence-electron chi connectivity index (χ3n) is 11.8. The summed E-state index contributed by atoms with van der Waals surface area (Å²) in [5.74, 6) is -9.34. The molecule has 1 saturated heterocycles. The summed E-state index contributed by atoms with van der Waals surface area (Å²) in [6, 6.07) is -11.1. The molecule has 0 aromatic heterocycles. The predicted octanol–water partition coefficient (Wildman–Crippen LogP) is -1.70. The number of rotatable bonds is 30. The van der Waals surface area contributed by atoms with Crippen molar-refractivity contribution in [2.75, 3.05) is 24.6 Å². The van der Waals surface area contributed by atoms with Crippen LogP contribution in [0.4, 0.5) is 0 Å². The van der Waals surface area contributed by atoms with Crippen molar-refractivity contribution in [2.24, 2.45) is 57.3 Å². The van der Waals surface area contributed by atoms with Crippen molar-refractivity contribution in [2.45, 2.75) is 180 Å². The number of carbonyl (C=O) groups is 10. The molecule has 0 unspecified atom stereocenters. The van der Waals surface area contributed by atoms with Crippen molar-refractivity contribution in [1.82, 2.24) is 42.5 Å². The molecule has 1 aliphatic heterocycles. The first-order chi connectivity index (χ1) is 34.7. The zero-order chi connectivity index (χ0) is 56.2. The Morgan fingerprint density at radius 1 is 0.676 bits per heavy atom. The number of hydrogen-bond acceptors (Lipinski definition) is 15. The van der Waals surface area contributed by atoms with E-state index >= 15 is 0 Å². The fraction of sp³-hybridized carbons (Fsp3) is 0.766. The lowest BCUT2D eigenvalue weighted by Crippen LogP contribution is -2.62. The standard InChI is InChI=1S/C47H86N14O11S2/c1-9-27(8)37-45(70)58-33(21-26(6)7)42(67)60-34(22-73-74-23-35(44(69)61-37)59-38(63)28(49)13-10-11-17-48)43(68)54-29(14-12-18-53-47(51)52)39(64)56-32(20-25(4)5)41(66)57-31(19-24(2)3)40(65)55-30(46(71)72)15-16-36(50)62/h24-35,37H,9-23,48-49H2,1-8H3,(H2,50,62)(H,54,68)(H,55,65)(H,56,64)(H,57,66)(H,58,70)(H,59,63)(H,60,67)(H,61,69)(H,71,72)(H4,51,52,53)/t27-,28-,29-,30-,31-,32-,33-,34-,35+,37-/m0/s1. The van der Waals surface area contributed by atoms with Crippen molar-refractivity contribution < 1.29 is 53.1 Å². The highest BCUT2D eigenvalue weighted by Crippen LogP contribution is 2.24. The zero-order valence-corrected chi connectivity index (χ0v) is 45.9. The number of amides is 9. The minimum Gasteiger partial charge on any atom is -0.480 e. The summed E-state index contributed by atoms with van der Waals surface area (Å²) in [7, 11) is 2.21. The normalized spacial score (nSPS) is 20.2. The lowest BCUT2D eigenvalue weighted by Gasteiger charge is -2.30. The Labute approximate surface area is 443 Å². The number of aliphatic imine (C=N–C) groups is 1. The van der Waals surface area contributed by atoms with Gasteiger partial charge in [-0.1, -0.05) is 89.8 Å². The summed E-state index contributed by atoms with van der Waals surface area (Å²) >= 11 is 0. The van der Waals surface area contributed by atoms with Crippen molar-refractivity contribution in [3.05, 3.63) is 0 Å². The summed E-state index contributed by atoms with van der Waals surface area (Å²) in [6.07, 6.45) is 1.76. The molecule has 10 atom stereocenters.